The molecule has 1 heterocycles. The van der Waals surface area contributed by atoms with Crippen molar-refractivity contribution in [2.24, 2.45) is 5.84 Å². The molecule has 0 aliphatic rings. The second-order valence-corrected chi connectivity index (χ2v) is 3.27. The van der Waals surface area contributed by atoms with Crippen LogP contribution in [0.4, 0.5) is 5.69 Å². The molecular formula is C8H8N2S. The summed E-state index contributed by atoms with van der Waals surface area (Å²) in [6.45, 7) is 0. The fraction of sp³-hybridized carbons (Fsp3) is 0. The lowest BCUT2D eigenvalue weighted by Crippen LogP contribution is -2.05. The molecule has 0 aliphatic heterocycles. The molecular weight excluding hydrogens is 156 g/mol. The van der Waals surface area contributed by atoms with E-state index in [4.69, 9.17) is 5.84 Å². The highest BCUT2D eigenvalue weighted by molar-refractivity contribution is 7.17. The molecule has 1 aromatic carbocycles. The molecule has 0 unspecified atom stereocenters. The fourth-order valence-corrected chi connectivity index (χ4v) is 1.87. The van der Waals surface area contributed by atoms with Crippen molar-refractivity contribution >= 4 is 27.1 Å². The van der Waals surface area contributed by atoms with E-state index in [9.17, 15) is 0 Å². The monoisotopic (exact) mass is 164 g/mol. The number of nitrogen functional groups attached to an aromatic ring is 1. The average Bonchev–Trinajstić information content (AvgIpc) is 2.50. The molecule has 1 aromatic heterocycles. The number of fused-ring (bicyclic) bond motifs is 1. The summed E-state index contributed by atoms with van der Waals surface area (Å²) in [5.41, 5.74) is 3.57. The lowest BCUT2D eigenvalue weighted by atomic mass is 10.2. The van der Waals surface area contributed by atoms with E-state index in [1.807, 2.05) is 12.1 Å². The molecule has 3 N–H and O–H groups in total. The Balaban J connectivity index is 2.67. The predicted octanol–water partition coefficient (Wildman–Crippen LogP) is 2.19. The SMILES string of the molecule is NNc1ccc2ccsc2c1. The maximum atomic E-state index is 5.26. The molecule has 56 valence electrons. The molecule has 2 nitrogen and oxygen atoms in total. The first kappa shape index (κ1) is 6.64. The van der Waals surface area contributed by atoms with Crippen LogP contribution in [-0.4, -0.2) is 0 Å². The van der Waals surface area contributed by atoms with E-state index in [1.165, 1.54) is 10.1 Å². The highest BCUT2D eigenvalue weighted by Gasteiger charge is 1.94. The number of thiophene rings is 1. The van der Waals surface area contributed by atoms with Crippen LogP contribution in [0.3, 0.4) is 0 Å². The van der Waals surface area contributed by atoms with Crippen LogP contribution in [0, 0.1) is 0 Å². The summed E-state index contributed by atoms with van der Waals surface area (Å²) in [6, 6.07) is 8.16. The molecule has 0 atom stereocenters. The van der Waals surface area contributed by atoms with Gasteiger partial charge in [-0.15, -0.1) is 11.3 Å². The second-order valence-electron chi connectivity index (χ2n) is 2.32. The maximum absolute atomic E-state index is 5.26. The lowest BCUT2D eigenvalue weighted by molar-refractivity contribution is 1.36. The van der Waals surface area contributed by atoms with E-state index in [0.717, 1.165) is 5.69 Å². The Morgan fingerprint density at radius 1 is 1.27 bits per heavy atom. The Hall–Kier alpha value is -1.06. The van der Waals surface area contributed by atoms with Crippen LogP contribution in [0.2, 0.25) is 0 Å². The number of hydrazine groups is 1. The summed E-state index contributed by atoms with van der Waals surface area (Å²) in [4.78, 5) is 0. The lowest BCUT2D eigenvalue weighted by Gasteiger charge is -1.97. The Morgan fingerprint density at radius 3 is 3.00 bits per heavy atom. The standard InChI is InChI=1S/C8H8N2S/c9-10-7-2-1-6-3-4-11-8(6)5-7/h1-5,10H,9H2. The van der Waals surface area contributed by atoms with Crippen molar-refractivity contribution in [2.75, 3.05) is 5.43 Å². The third kappa shape index (κ3) is 1.08. The number of benzene rings is 1. The molecule has 2 rings (SSSR count). The minimum absolute atomic E-state index is 0.958. The van der Waals surface area contributed by atoms with E-state index >= 15 is 0 Å². The van der Waals surface area contributed by atoms with Gasteiger partial charge in [0.15, 0.2) is 0 Å². The molecule has 2 aromatic rings. The van der Waals surface area contributed by atoms with E-state index in [-0.39, 0.29) is 0 Å². The molecule has 0 saturated carbocycles. The van der Waals surface area contributed by atoms with Gasteiger partial charge in [0.25, 0.3) is 0 Å². The number of anilines is 1. The van der Waals surface area contributed by atoms with E-state index < -0.39 is 0 Å². The normalized spacial score (nSPS) is 10.3. The van der Waals surface area contributed by atoms with Gasteiger partial charge in [0, 0.05) is 10.4 Å². The summed E-state index contributed by atoms with van der Waals surface area (Å²) in [6.07, 6.45) is 0. The maximum Gasteiger partial charge on any atom is 0.0499 e. The van der Waals surface area contributed by atoms with Crippen molar-refractivity contribution in [3.05, 3.63) is 29.6 Å². The van der Waals surface area contributed by atoms with Crippen molar-refractivity contribution in [3.63, 3.8) is 0 Å². The zero-order valence-corrected chi connectivity index (χ0v) is 6.69. The highest BCUT2D eigenvalue weighted by atomic mass is 32.1. The van der Waals surface area contributed by atoms with Gasteiger partial charge in [0.1, 0.15) is 0 Å². The van der Waals surface area contributed by atoms with Crippen LogP contribution >= 0.6 is 11.3 Å². The second kappa shape index (κ2) is 2.53. The van der Waals surface area contributed by atoms with Crippen molar-refractivity contribution in [2.45, 2.75) is 0 Å². The molecule has 0 amide bonds. The van der Waals surface area contributed by atoms with Crippen LogP contribution in [-0.2, 0) is 0 Å². The molecule has 0 spiro atoms. The van der Waals surface area contributed by atoms with E-state index in [0.29, 0.717) is 0 Å². The first-order valence-corrected chi connectivity index (χ1v) is 4.22. The van der Waals surface area contributed by atoms with Gasteiger partial charge in [-0.05, 0) is 29.0 Å². The topological polar surface area (TPSA) is 38.0 Å². The fourth-order valence-electron chi connectivity index (χ4n) is 1.04. The number of nitrogens with one attached hydrogen (secondary N) is 1. The third-order valence-electron chi connectivity index (χ3n) is 1.62. The quantitative estimate of drug-likeness (QED) is 0.501. The zero-order chi connectivity index (χ0) is 7.68. The number of hydrogen-bond donors (Lipinski definition) is 2. The summed E-state index contributed by atoms with van der Waals surface area (Å²) in [5, 5.41) is 3.35. The molecule has 0 radical (unpaired) electrons. The molecule has 11 heavy (non-hydrogen) atoms. The Labute approximate surface area is 68.6 Å². The molecule has 3 heteroatoms. The third-order valence-corrected chi connectivity index (χ3v) is 2.50. The number of hydrogen-bond acceptors (Lipinski definition) is 3. The largest absolute Gasteiger partial charge is 0.324 e. The Morgan fingerprint density at radius 2 is 2.18 bits per heavy atom. The van der Waals surface area contributed by atoms with Gasteiger partial charge in [-0.25, -0.2) is 0 Å². The summed E-state index contributed by atoms with van der Waals surface area (Å²) < 4.78 is 1.26. The van der Waals surface area contributed by atoms with Crippen molar-refractivity contribution in [1.82, 2.24) is 0 Å². The van der Waals surface area contributed by atoms with E-state index in [2.05, 4.69) is 22.9 Å². The van der Waals surface area contributed by atoms with Crippen LogP contribution < -0.4 is 11.3 Å². The predicted molar refractivity (Wildman–Crippen MR) is 49.6 cm³/mol. The van der Waals surface area contributed by atoms with Crippen molar-refractivity contribution < 1.29 is 0 Å². The first-order chi connectivity index (χ1) is 5.40. The Bertz CT molecular complexity index is 367. The smallest absolute Gasteiger partial charge is 0.0499 e. The number of nitrogens with two attached hydrogens (primary N) is 1. The van der Waals surface area contributed by atoms with Gasteiger partial charge in [0.05, 0.1) is 0 Å². The van der Waals surface area contributed by atoms with Crippen LogP contribution in [0.5, 0.6) is 0 Å². The minimum Gasteiger partial charge on any atom is -0.324 e. The van der Waals surface area contributed by atoms with Gasteiger partial charge in [-0.1, -0.05) is 6.07 Å². The van der Waals surface area contributed by atoms with Gasteiger partial charge in [-0.3, -0.25) is 5.84 Å². The number of rotatable bonds is 1. The minimum atomic E-state index is 0.958. The summed E-state index contributed by atoms with van der Waals surface area (Å²) in [7, 11) is 0. The molecule has 0 aliphatic carbocycles. The van der Waals surface area contributed by atoms with Gasteiger partial charge in [0.2, 0.25) is 0 Å². The highest BCUT2D eigenvalue weighted by Crippen LogP contribution is 2.23. The summed E-state index contributed by atoms with van der Waals surface area (Å²) >= 11 is 1.72. The zero-order valence-electron chi connectivity index (χ0n) is 5.87. The first-order valence-electron chi connectivity index (χ1n) is 3.34. The molecule has 0 bridgehead atoms. The Kier molecular flexibility index (Phi) is 1.52. The average molecular weight is 164 g/mol. The van der Waals surface area contributed by atoms with E-state index in [1.54, 1.807) is 11.3 Å². The van der Waals surface area contributed by atoms with Gasteiger partial charge in [-0.2, -0.15) is 0 Å². The molecule has 0 saturated heterocycles. The van der Waals surface area contributed by atoms with Crippen LogP contribution in [0.25, 0.3) is 10.1 Å². The van der Waals surface area contributed by atoms with Crippen molar-refractivity contribution in [1.29, 1.82) is 0 Å². The summed E-state index contributed by atoms with van der Waals surface area (Å²) in [5.74, 6) is 5.26. The van der Waals surface area contributed by atoms with Gasteiger partial charge >= 0.3 is 0 Å². The van der Waals surface area contributed by atoms with Crippen molar-refractivity contribution in [3.8, 4) is 0 Å². The molecule has 0 fully saturated rings. The van der Waals surface area contributed by atoms with Gasteiger partial charge < -0.3 is 5.43 Å². The van der Waals surface area contributed by atoms with Crippen LogP contribution in [0.1, 0.15) is 0 Å². The van der Waals surface area contributed by atoms with Crippen LogP contribution in [0.15, 0.2) is 29.6 Å².